The lowest BCUT2D eigenvalue weighted by Crippen LogP contribution is -2.30. The first-order valence-electron chi connectivity index (χ1n) is 6.14. The Morgan fingerprint density at radius 1 is 1.21 bits per heavy atom. The van der Waals surface area contributed by atoms with Gasteiger partial charge in [-0.2, -0.15) is 11.8 Å². The van der Waals surface area contributed by atoms with Crippen LogP contribution in [0.25, 0.3) is 0 Å². The lowest BCUT2D eigenvalue weighted by atomic mass is 10.0. The average Bonchev–Trinajstić information content (AvgIpc) is 2.38. The summed E-state index contributed by atoms with van der Waals surface area (Å²) in [6.45, 7) is 5.84. The topological polar surface area (TPSA) is 12.0 Å². The van der Waals surface area contributed by atoms with Crippen LogP contribution in [0.15, 0.2) is 0 Å². The van der Waals surface area contributed by atoms with Crippen LogP contribution in [-0.2, 0) is 0 Å². The third kappa shape index (κ3) is 5.26. The Balaban J connectivity index is 2.05. The van der Waals surface area contributed by atoms with Crippen molar-refractivity contribution in [3.63, 3.8) is 0 Å². The summed E-state index contributed by atoms with van der Waals surface area (Å²) in [5, 5.41) is 3.70. The molecule has 0 aromatic heterocycles. The SMILES string of the molecule is CCSCCNC1CCCC(C)CC1. The Morgan fingerprint density at radius 2 is 2.07 bits per heavy atom. The highest BCUT2D eigenvalue weighted by atomic mass is 32.2. The zero-order chi connectivity index (χ0) is 10.2. The molecule has 2 heteroatoms. The molecule has 14 heavy (non-hydrogen) atoms. The molecular formula is C12H25NS. The van der Waals surface area contributed by atoms with E-state index in [-0.39, 0.29) is 0 Å². The third-order valence-corrected chi connectivity index (χ3v) is 4.04. The highest BCUT2D eigenvalue weighted by molar-refractivity contribution is 7.99. The minimum atomic E-state index is 0.817. The van der Waals surface area contributed by atoms with E-state index in [4.69, 9.17) is 0 Å². The van der Waals surface area contributed by atoms with Crippen LogP contribution in [0.5, 0.6) is 0 Å². The van der Waals surface area contributed by atoms with Crippen molar-refractivity contribution in [3.8, 4) is 0 Å². The van der Waals surface area contributed by atoms with Crippen molar-refractivity contribution in [2.75, 3.05) is 18.1 Å². The van der Waals surface area contributed by atoms with Gasteiger partial charge in [-0.25, -0.2) is 0 Å². The first-order chi connectivity index (χ1) is 6.83. The van der Waals surface area contributed by atoms with Gasteiger partial charge in [-0.05, 0) is 30.9 Å². The molecule has 0 radical (unpaired) electrons. The van der Waals surface area contributed by atoms with Gasteiger partial charge in [0.05, 0.1) is 0 Å². The zero-order valence-electron chi connectivity index (χ0n) is 9.72. The lowest BCUT2D eigenvalue weighted by Gasteiger charge is -2.15. The molecule has 2 unspecified atom stereocenters. The van der Waals surface area contributed by atoms with Gasteiger partial charge in [0.25, 0.3) is 0 Å². The van der Waals surface area contributed by atoms with Gasteiger partial charge in [0, 0.05) is 18.3 Å². The van der Waals surface area contributed by atoms with Crippen molar-refractivity contribution in [1.29, 1.82) is 0 Å². The van der Waals surface area contributed by atoms with Crippen LogP contribution in [0.4, 0.5) is 0 Å². The number of hydrogen-bond donors (Lipinski definition) is 1. The molecule has 0 heterocycles. The smallest absolute Gasteiger partial charge is 0.00675 e. The van der Waals surface area contributed by atoms with Gasteiger partial charge in [0.15, 0.2) is 0 Å². The largest absolute Gasteiger partial charge is 0.313 e. The fourth-order valence-electron chi connectivity index (χ4n) is 2.17. The van der Waals surface area contributed by atoms with Gasteiger partial charge >= 0.3 is 0 Å². The van der Waals surface area contributed by atoms with Crippen molar-refractivity contribution in [2.45, 2.75) is 52.0 Å². The van der Waals surface area contributed by atoms with Crippen molar-refractivity contribution in [3.05, 3.63) is 0 Å². The standard InChI is InChI=1S/C12H25NS/c1-3-14-10-9-13-12-6-4-5-11(2)7-8-12/h11-13H,3-10H2,1-2H3. The van der Waals surface area contributed by atoms with E-state index in [9.17, 15) is 0 Å². The molecule has 2 atom stereocenters. The predicted molar refractivity (Wildman–Crippen MR) is 67.0 cm³/mol. The average molecular weight is 215 g/mol. The van der Waals surface area contributed by atoms with Crippen LogP contribution < -0.4 is 5.32 Å². The van der Waals surface area contributed by atoms with Crippen molar-refractivity contribution in [1.82, 2.24) is 5.32 Å². The Morgan fingerprint density at radius 3 is 2.86 bits per heavy atom. The van der Waals surface area contributed by atoms with Crippen LogP contribution in [0.1, 0.15) is 46.0 Å². The van der Waals surface area contributed by atoms with E-state index in [0.717, 1.165) is 12.0 Å². The van der Waals surface area contributed by atoms with Crippen LogP contribution in [0.2, 0.25) is 0 Å². The minimum absolute atomic E-state index is 0.817. The first-order valence-corrected chi connectivity index (χ1v) is 7.29. The molecule has 0 saturated heterocycles. The summed E-state index contributed by atoms with van der Waals surface area (Å²) >= 11 is 2.04. The van der Waals surface area contributed by atoms with Crippen molar-refractivity contribution in [2.24, 2.45) is 5.92 Å². The highest BCUT2D eigenvalue weighted by Crippen LogP contribution is 2.22. The number of nitrogens with one attached hydrogen (secondary N) is 1. The second-order valence-electron chi connectivity index (χ2n) is 4.46. The second kappa shape index (κ2) is 7.58. The molecule has 0 amide bonds. The fraction of sp³-hybridized carbons (Fsp3) is 1.00. The summed E-state index contributed by atoms with van der Waals surface area (Å²) in [4.78, 5) is 0. The Hall–Kier alpha value is 0.310. The van der Waals surface area contributed by atoms with E-state index in [0.29, 0.717) is 0 Å². The van der Waals surface area contributed by atoms with E-state index in [1.807, 2.05) is 11.8 Å². The summed E-state index contributed by atoms with van der Waals surface area (Å²) in [6, 6.07) is 0.817. The summed E-state index contributed by atoms with van der Waals surface area (Å²) in [6.07, 6.45) is 7.11. The fourth-order valence-corrected chi connectivity index (χ4v) is 2.72. The molecule has 1 nitrogen and oxygen atoms in total. The van der Waals surface area contributed by atoms with Crippen molar-refractivity contribution >= 4 is 11.8 Å². The van der Waals surface area contributed by atoms with E-state index >= 15 is 0 Å². The molecule has 84 valence electrons. The molecule has 1 N–H and O–H groups in total. The molecule has 1 rings (SSSR count). The van der Waals surface area contributed by atoms with Gasteiger partial charge in [-0.1, -0.05) is 26.7 Å². The number of hydrogen-bond acceptors (Lipinski definition) is 2. The van der Waals surface area contributed by atoms with E-state index < -0.39 is 0 Å². The molecule has 0 aliphatic heterocycles. The van der Waals surface area contributed by atoms with Gasteiger partial charge in [-0.3, -0.25) is 0 Å². The normalized spacial score (nSPS) is 28.7. The van der Waals surface area contributed by atoms with Gasteiger partial charge in [-0.15, -0.1) is 0 Å². The molecule has 0 bridgehead atoms. The van der Waals surface area contributed by atoms with Crippen molar-refractivity contribution < 1.29 is 0 Å². The summed E-state index contributed by atoms with van der Waals surface area (Å²) in [5.41, 5.74) is 0. The first kappa shape index (κ1) is 12.4. The molecule has 0 spiro atoms. The molecule has 1 aliphatic rings. The Bertz CT molecular complexity index is 138. The quantitative estimate of drug-likeness (QED) is 0.558. The summed E-state index contributed by atoms with van der Waals surface area (Å²) in [7, 11) is 0. The number of rotatable bonds is 5. The monoisotopic (exact) mass is 215 g/mol. The van der Waals surface area contributed by atoms with Gasteiger partial charge < -0.3 is 5.32 Å². The zero-order valence-corrected chi connectivity index (χ0v) is 10.5. The van der Waals surface area contributed by atoms with Crippen LogP contribution in [-0.4, -0.2) is 24.1 Å². The maximum Gasteiger partial charge on any atom is 0.00675 e. The molecule has 1 fully saturated rings. The predicted octanol–water partition coefficient (Wildman–Crippen LogP) is 3.30. The van der Waals surface area contributed by atoms with Crippen LogP contribution >= 0.6 is 11.8 Å². The van der Waals surface area contributed by atoms with E-state index in [1.54, 1.807) is 0 Å². The molecule has 0 aromatic carbocycles. The highest BCUT2D eigenvalue weighted by Gasteiger charge is 2.14. The summed E-state index contributed by atoms with van der Waals surface area (Å²) < 4.78 is 0. The molecule has 1 saturated carbocycles. The van der Waals surface area contributed by atoms with Crippen LogP contribution in [0, 0.1) is 5.92 Å². The molecule has 1 aliphatic carbocycles. The lowest BCUT2D eigenvalue weighted by molar-refractivity contribution is 0.459. The molecule has 0 aromatic rings. The van der Waals surface area contributed by atoms with Crippen LogP contribution in [0.3, 0.4) is 0 Å². The number of thioether (sulfide) groups is 1. The maximum absolute atomic E-state index is 3.70. The molecular weight excluding hydrogens is 190 g/mol. The van der Waals surface area contributed by atoms with E-state index in [1.165, 1.54) is 50.2 Å². The van der Waals surface area contributed by atoms with Gasteiger partial charge in [0.2, 0.25) is 0 Å². The van der Waals surface area contributed by atoms with Gasteiger partial charge in [0.1, 0.15) is 0 Å². The third-order valence-electron chi connectivity index (χ3n) is 3.14. The minimum Gasteiger partial charge on any atom is -0.313 e. The van der Waals surface area contributed by atoms with E-state index in [2.05, 4.69) is 19.2 Å². The maximum atomic E-state index is 3.70. The Labute approximate surface area is 93.4 Å². The Kier molecular flexibility index (Phi) is 6.70. The second-order valence-corrected chi connectivity index (χ2v) is 5.86. The summed E-state index contributed by atoms with van der Waals surface area (Å²) in [5.74, 6) is 3.50.